The van der Waals surface area contributed by atoms with Crippen molar-refractivity contribution >= 4 is 28.2 Å². The van der Waals surface area contributed by atoms with Crippen molar-refractivity contribution in [3.05, 3.63) is 35.3 Å². The summed E-state index contributed by atoms with van der Waals surface area (Å²) < 4.78 is 13.3. The summed E-state index contributed by atoms with van der Waals surface area (Å²) in [5, 5.41) is 14.9. The Morgan fingerprint density at radius 3 is 2.52 bits per heavy atom. The smallest absolute Gasteiger partial charge is 0.162 e. The Bertz CT molecular complexity index is 1040. The topological polar surface area (TPSA) is 61.2 Å². The van der Waals surface area contributed by atoms with Crippen molar-refractivity contribution in [2.45, 2.75) is 52.5 Å². The molecular weight excluding hydrogens is 388 g/mol. The van der Waals surface area contributed by atoms with Crippen LogP contribution in [0.25, 0.3) is 16.5 Å². The number of nitrogens with zero attached hydrogens (tertiary/aromatic N) is 3. The molecule has 4 rings (SSSR count). The standard InChI is InChI=1S/C22H27ClN4O2/c1-13-20-14(2)27(18-10-9-17(29-12-23)11-19(18)28-4)15(3)21(20)22(26-25-13)24-16-7-5-6-8-16/h9-11,16H,5-8,12H2,1-4H3,(H,24,26). The second-order valence-electron chi connectivity index (χ2n) is 7.60. The summed E-state index contributed by atoms with van der Waals surface area (Å²) in [7, 11) is 1.67. The number of rotatable bonds is 6. The Morgan fingerprint density at radius 1 is 1.10 bits per heavy atom. The van der Waals surface area contributed by atoms with E-state index in [-0.39, 0.29) is 6.07 Å². The Hall–Kier alpha value is -2.47. The van der Waals surface area contributed by atoms with Gasteiger partial charge in [-0.15, -0.1) is 5.10 Å². The van der Waals surface area contributed by atoms with Crippen molar-refractivity contribution in [1.82, 2.24) is 14.8 Å². The third-order valence-corrected chi connectivity index (χ3v) is 5.96. The van der Waals surface area contributed by atoms with Crippen LogP contribution in [0, 0.1) is 20.8 Å². The molecule has 1 aliphatic carbocycles. The van der Waals surface area contributed by atoms with Gasteiger partial charge in [0.15, 0.2) is 11.9 Å². The van der Waals surface area contributed by atoms with Gasteiger partial charge in [-0.1, -0.05) is 24.4 Å². The maximum absolute atomic E-state index is 5.71. The van der Waals surface area contributed by atoms with E-state index in [1.165, 1.54) is 25.7 Å². The van der Waals surface area contributed by atoms with E-state index in [1.807, 2.05) is 25.1 Å². The van der Waals surface area contributed by atoms with Crippen molar-refractivity contribution in [2.75, 3.05) is 18.5 Å². The average Bonchev–Trinajstić information content (AvgIpc) is 3.31. The first-order valence-electron chi connectivity index (χ1n) is 10.0. The Kier molecular flexibility index (Phi) is 5.54. The highest BCUT2D eigenvalue weighted by atomic mass is 35.5. The molecule has 0 saturated heterocycles. The molecule has 2 aromatic heterocycles. The molecule has 1 saturated carbocycles. The predicted molar refractivity (Wildman–Crippen MR) is 117 cm³/mol. The number of ether oxygens (including phenoxy) is 2. The summed E-state index contributed by atoms with van der Waals surface area (Å²) in [4.78, 5) is 0. The van der Waals surface area contributed by atoms with Crippen LogP contribution >= 0.6 is 11.6 Å². The highest BCUT2D eigenvalue weighted by Crippen LogP contribution is 2.38. The van der Waals surface area contributed by atoms with Gasteiger partial charge in [0.05, 0.1) is 18.5 Å². The number of halogens is 1. The number of aryl methyl sites for hydroxylation is 3. The molecule has 6 nitrogen and oxygen atoms in total. The van der Waals surface area contributed by atoms with Crippen LogP contribution in [0.3, 0.4) is 0 Å². The van der Waals surface area contributed by atoms with Gasteiger partial charge in [-0.2, -0.15) is 5.10 Å². The SMILES string of the molecule is COc1cc(OCCl)ccc1-n1c(C)c2c(C)nnc(NC3CCCC3)c2c1C. The zero-order valence-electron chi connectivity index (χ0n) is 17.4. The second kappa shape index (κ2) is 8.11. The molecule has 29 heavy (non-hydrogen) atoms. The number of hydrogen-bond acceptors (Lipinski definition) is 5. The third kappa shape index (κ3) is 3.50. The molecule has 1 fully saturated rings. The molecule has 1 aliphatic rings. The van der Waals surface area contributed by atoms with Gasteiger partial charge in [-0.25, -0.2) is 0 Å². The van der Waals surface area contributed by atoms with Gasteiger partial charge in [-0.3, -0.25) is 0 Å². The highest BCUT2D eigenvalue weighted by molar-refractivity contribution is 6.17. The normalized spacial score (nSPS) is 14.5. The lowest BCUT2D eigenvalue weighted by Gasteiger charge is -2.15. The molecule has 1 aromatic carbocycles. The van der Waals surface area contributed by atoms with Crippen LogP contribution in [-0.4, -0.2) is 34.0 Å². The summed E-state index contributed by atoms with van der Waals surface area (Å²) in [6.07, 6.45) is 4.91. The van der Waals surface area contributed by atoms with Crippen LogP contribution in [-0.2, 0) is 0 Å². The molecular formula is C22H27ClN4O2. The first-order chi connectivity index (χ1) is 14.0. The maximum atomic E-state index is 5.71. The van der Waals surface area contributed by atoms with Gasteiger partial charge in [0.2, 0.25) is 0 Å². The molecule has 7 heteroatoms. The lowest BCUT2D eigenvalue weighted by Crippen LogP contribution is -2.16. The quantitative estimate of drug-likeness (QED) is 0.555. The predicted octanol–water partition coefficient (Wildman–Crippen LogP) is 5.28. The van der Waals surface area contributed by atoms with Gasteiger partial charge in [-0.05, 0) is 45.7 Å². The molecule has 1 N–H and O–H groups in total. The first-order valence-corrected chi connectivity index (χ1v) is 10.6. The van der Waals surface area contributed by atoms with Crippen molar-refractivity contribution in [3.8, 4) is 17.2 Å². The van der Waals surface area contributed by atoms with Crippen LogP contribution in [0.4, 0.5) is 5.82 Å². The molecule has 0 aliphatic heterocycles. The van der Waals surface area contributed by atoms with Crippen molar-refractivity contribution in [3.63, 3.8) is 0 Å². The molecule has 2 heterocycles. The third-order valence-electron chi connectivity index (χ3n) is 5.85. The number of alkyl halides is 1. The molecule has 0 atom stereocenters. The fourth-order valence-electron chi connectivity index (χ4n) is 4.52. The van der Waals surface area contributed by atoms with E-state index in [0.29, 0.717) is 11.8 Å². The Balaban J connectivity index is 1.89. The van der Waals surface area contributed by atoms with Gasteiger partial charge < -0.3 is 19.4 Å². The number of aromatic nitrogens is 3. The van der Waals surface area contributed by atoms with E-state index in [0.717, 1.165) is 45.1 Å². The van der Waals surface area contributed by atoms with E-state index in [2.05, 4.69) is 33.9 Å². The minimum Gasteiger partial charge on any atom is -0.494 e. The molecule has 0 spiro atoms. The van der Waals surface area contributed by atoms with Crippen LogP contribution < -0.4 is 14.8 Å². The minimum absolute atomic E-state index is 0.0979. The lowest BCUT2D eigenvalue weighted by molar-refractivity contribution is 0.377. The van der Waals surface area contributed by atoms with E-state index in [4.69, 9.17) is 21.1 Å². The summed E-state index contributed by atoms with van der Waals surface area (Å²) >= 11 is 5.71. The maximum Gasteiger partial charge on any atom is 0.162 e. The van der Waals surface area contributed by atoms with E-state index >= 15 is 0 Å². The second-order valence-corrected chi connectivity index (χ2v) is 7.82. The van der Waals surface area contributed by atoms with E-state index < -0.39 is 0 Å². The molecule has 3 aromatic rings. The zero-order chi connectivity index (χ0) is 20.5. The monoisotopic (exact) mass is 414 g/mol. The Labute approximate surface area is 176 Å². The first kappa shape index (κ1) is 19.8. The van der Waals surface area contributed by atoms with Crippen LogP contribution in [0.1, 0.15) is 42.8 Å². The Morgan fingerprint density at radius 2 is 1.83 bits per heavy atom. The average molecular weight is 415 g/mol. The van der Waals surface area contributed by atoms with Crippen molar-refractivity contribution < 1.29 is 9.47 Å². The lowest BCUT2D eigenvalue weighted by atomic mass is 10.1. The van der Waals surface area contributed by atoms with Crippen LogP contribution in [0.15, 0.2) is 18.2 Å². The van der Waals surface area contributed by atoms with Crippen LogP contribution in [0.5, 0.6) is 11.5 Å². The number of nitrogens with one attached hydrogen (secondary N) is 1. The summed E-state index contributed by atoms with van der Waals surface area (Å²) in [5.74, 6) is 2.27. The van der Waals surface area contributed by atoms with Crippen molar-refractivity contribution in [1.29, 1.82) is 0 Å². The number of hydrogen-bond donors (Lipinski definition) is 1. The van der Waals surface area contributed by atoms with Gasteiger partial charge in [0, 0.05) is 34.3 Å². The molecule has 0 radical (unpaired) electrons. The van der Waals surface area contributed by atoms with Crippen LogP contribution in [0.2, 0.25) is 0 Å². The number of anilines is 1. The number of fused-ring (bicyclic) bond motifs is 1. The number of benzene rings is 1. The van der Waals surface area contributed by atoms with E-state index in [1.54, 1.807) is 7.11 Å². The molecule has 0 unspecified atom stereocenters. The summed E-state index contributed by atoms with van der Waals surface area (Å²) in [6.45, 7) is 6.25. The van der Waals surface area contributed by atoms with Crippen molar-refractivity contribution in [2.24, 2.45) is 0 Å². The largest absolute Gasteiger partial charge is 0.494 e. The molecule has 154 valence electrons. The molecule has 0 bridgehead atoms. The summed E-state index contributed by atoms with van der Waals surface area (Å²) in [5.41, 5.74) is 4.10. The summed E-state index contributed by atoms with van der Waals surface area (Å²) in [6, 6.07) is 6.34. The highest BCUT2D eigenvalue weighted by Gasteiger charge is 2.23. The molecule has 0 amide bonds. The van der Waals surface area contributed by atoms with Gasteiger partial charge in [0.25, 0.3) is 0 Å². The van der Waals surface area contributed by atoms with E-state index in [9.17, 15) is 0 Å². The number of methoxy groups -OCH3 is 1. The fourth-order valence-corrected chi connectivity index (χ4v) is 4.64. The fraction of sp³-hybridized carbons (Fsp3) is 0.455. The minimum atomic E-state index is 0.0979. The van der Waals surface area contributed by atoms with Gasteiger partial charge in [0.1, 0.15) is 11.5 Å². The zero-order valence-corrected chi connectivity index (χ0v) is 18.1. The van der Waals surface area contributed by atoms with Gasteiger partial charge >= 0.3 is 0 Å².